The SMILES string of the molecule is Cc1ccc(Cc2nc3ccc(CN)cc3n2C)cc1C. The summed E-state index contributed by atoms with van der Waals surface area (Å²) in [6, 6.07) is 12.9. The Kier molecular flexibility index (Phi) is 3.52. The topological polar surface area (TPSA) is 43.8 Å². The highest BCUT2D eigenvalue weighted by Gasteiger charge is 2.09. The van der Waals surface area contributed by atoms with Gasteiger partial charge in [0, 0.05) is 20.0 Å². The van der Waals surface area contributed by atoms with Crippen LogP contribution in [0.3, 0.4) is 0 Å². The predicted octanol–water partition coefficient (Wildman–Crippen LogP) is 3.24. The second-order valence-corrected chi connectivity index (χ2v) is 5.71. The largest absolute Gasteiger partial charge is 0.331 e. The first-order chi connectivity index (χ1) is 10.1. The van der Waals surface area contributed by atoms with E-state index in [1.165, 1.54) is 16.7 Å². The number of hydrogen-bond acceptors (Lipinski definition) is 2. The first kappa shape index (κ1) is 13.8. The number of hydrogen-bond donors (Lipinski definition) is 1. The molecule has 0 bridgehead atoms. The molecule has 0 radical (unpaired) electrons. The zero-order chi connectivity index (χ0) is 15.0. The van der Waals surface area contributed by atoms with Crippen LogP contribution in [0.2, 0.25) is 0 Å². The summed E-state index contributed by atoms with van der Waals surface area (Å²) in [5, 5.41) is 0. The fourth-order valence-corrected chi connectivity index (χ4v) is 2.67. The normalized spacial score (nSPS) is 11.2. The molecule has 2 aromatic carbocycles. The molecule has 3 aromatic rings. The van der Waals surface area contributed by atoms with E-state index in [0.29, 0.717) is 6.54 Å². The molecule has 3 nitrogen and oxygen atoms in total. The lowest BCUT2D eigenvalue weighted by Gasteiger charge is -2.06. The number of aromatic nitrogens is 2. The van der Waals surface area contributed by atoms with Crippen molar-refractivity contribution in [2.24, 2.45) is 12.8 Å². The van der Waals surface area contributed by atoms with Crippen LogP contribution < -0.4 is 5.73 Å². The van der Waals surface area contributed by atoms with Gasteiger partial charge < -0.3 is 10.3 Å². The van der Waals surface area contributed by atoms with Gasteiger partial charge in [0.1, 0.15) is 5.82 Å². The lowest BCUT2D eigenvalue weighted by Crippen LogP contribution is -2.00. The third-order valence-electron chi connectivity index (χ3n) is 4.21. The number of benzene rings is 2. The molecular formula is C18H21N3. The van der Waals surface area contributed by atoms with Crippen LogP contribution in [0.1, 0.15) is 28.1 Å². The molecule has 2 N–H and O–H groups in total. The second kappa shape index (κ2) is 5.34. The maximum Gasteiger partial charge on any atom is 0.114 e. The van der Waals surface area contributed by atoms with Crippen LogP contribution in [-0.4, -0.2) is 9.55 Å². The highest BCUT2D eigenvalue weighted by molar-refractivity contribution is 5.77. The van der Waals surface area contributed by atoms with E-state index in [-0.39, 0.29) is 0 Å². The van der Waals surface area contributed by atoms with Crippen LogP contribution in [0, 0.1) is 13.8 Å². The highest BCUT2D eigenvalue weighted by atomic mass is 15.1. The fourth-order valence-electron chi connectivity index (χ4n) is 2.67. The molecule has 0 amide bonds. The number of aryl methyl sites for hydroxylation is 3. The monoisotopic (exact) mass is 279 g/mol. The van der Waals surface area contributed by atoms with E-state index in [9.17, 15) is 0 Å². The van der Waals surface area contributed by atoms with Crippen LogP contribution in [0.5, 0.6) is 0 Å². The summed E-state index contributed by atoms with van der Waals surface area (Å²) in [7, 11) is 2.08. The van der Waals surface area contributed by atoms with Crippen LogP contribution in [0.25, 0.3) is 11.0 Å². The van der Waals surface area contributed by atoms with Crippen molar-refractivity contribution in [3.63, 3.8) is 0 Å². The lowest BCUT2D eigenvalue weighted by molar-refractivity contribution is 0.843. The Morgan fingerprint density at radius 2 is 1.76 bits per heavy atom. The Hall–Kier alpha value is -2.13. The average molecular weight is 279 g/mol. The molecule has 0 saturated heterocycles. The first-order valence-electron chi connectivity index (χ1n) is 7.29. The van der Waals surface area contributed by atoms with Crippen molar-refractivity contribution in [3.8, 4) is 0 Å². The van der Waals surface area contributed by atoms with E-state index in [1.807, 2.05) is 0 Å². The Bertz CT molecular complexity index is 800. The number of nitrogens with zero attached hydrogens (tertiary/aromatic N) is 2. The molecular weight excluding hydrogens is 258 g/mol. The molecule has 0 aliphatic heterocycles. The van der Waals surface area contributed by atoms with Gasteiger partial charge in [0.05, 0.1) is 11.0 Å². The quantitative estimate of drug-likeness (QED) is 0.800. The van der Waals surface area contributed by atoms with Gasteiger partial charge in [0.2, 0.25) is 0 Å². The van der Waals surface area contributed by atoms with E-state index in [4.69, 9.17) is 10.7 Å². The second-order valence-electron chi connectivity index (χ2n) is 5.71. The molecule has 3 heteroatoms. The van der Waals surface area contributed by atoms with E-state index in [1.54, 1.807) is 0 Å². The van der Waals surface area contributed by atoms with Crippen molar-refractivity contribution in [3.05, 3.63) is 64.5 Å². The minimum atomic E-state index is 0.563. The molecule has 0 spiro atoms. The summed E-state index contributed by atoms with van der Waals surface area (Å²) in [5.74, 6) is 1.09. The van der Waals surface area contributed by atoms with Crippen molar-refractivity contribution in [2.75, 3.05) is 0 Å². The zero-order valence-corrected chi connectivity index (χ0v) is 12.9. The Balaban J connectivity index is 2.00. The number of fused-ring (bicyclic) bond motifs is 1. The van der Waals surface area contributed by atoms with Crippen LogP contribution in [0.15, 0.2) is 36.4 Å². The highest BCUT2D eigenvalue weighted by Crippen LogP contribution is 2.20. The van der Waals surface area contributed by atoms with Gasteiger partial charge in [-0.3, -0.25) is 0 Å². The van der Waals surface area contributed by atoms with Gasteiger partial charge in [-0.1, -0.05) is 24.3 Å². The minimum Gasteiger partial charge on any atom is -0.331 e. The van der Waals surface area contributed by atoms with Crippen LogP contribution >= 0.6 is 0 Å². The minimum absolute atomic E-state index is 0.563. The lowest BCUT2D eigenvalue weighted by atomic mass is 10.0. The Labute approximate surface area is 125 Å². The van der Waals surface area contributed by atoms with Gasteiger partial charge in [0.15, 0.2) is 0 Å². The number of rotatable bonds is 3. The van der Waals surface area contributed by atoms with Crippen molar-refractivity contribution < 1.29 is 0 Å². The molecule has 1 heterocycles. The fraction of sp³-hybridized carbons (Fsp3) is 0.278. The number of imidazole rings is 1. The zero-order valence-electron chi connectivity index (χ0n) is 12.9. The molecule has 0 unspecified atom stereocenters. The third kappa shape index (κ3) is 2.57. The van der Waals surface area contributed by atoms with Crippen molar-refractivity contribution >= 4 is 11.0 Å². The number of nitrogens with two attached hydrogens (primary N) is 1. The smallest absolute Gasteiger partial charge is 0.114 e. The van der Waals surface area contributed by atoms with Crippen molar-refractivity contribution in [2.45, 2.75) is 26.8 Å². The molecule has 0 aliphatic rings. The van der Waals surface area contributed by atoms with Gasteiger partial charge in [-0.2, -0.15) is 0 Å². The third-order valence-corrected chi connectivity index (χ3v) is 4.21. The first-order valence-corrected chi connectivity index (χ1v) is 7.29. The van der Waals surface area contributed by atoms with E-state index in [0.717, 1.165) is 28.8 Å². The molecule has 21 heavy (non-hydrogen) atoms. The molecule has 0 fully saturated rings. The maximum atomic E-state index is 5.72. The summed E-state index contributed by atoms with van der Waals surface area (Å²) in [5.41, 5.74) is 13.0. The average Bonchev–Trinajstić information content (AvgIpc) is 2.79. The van der Waals surface area contributed by atoms with Crippen LogP contribution in [0.4, 0.5) is 0 Å². The van der Waals surface area contributed by atoms with Gasteiger partial charge in [-0.05, 0) is 48.2 Å². The standard InChI is InChI=1S/C18H21N3/c1-12-4-5-14(8-13(12)2)10-18-20-16-7-6-15(11-19)9-17(16)21(18)3/h4-9H,10-11,19H2,1-3H3. The Morgan fingerprint density at radius 3 is 2.48 bits per heavy atom. The summed E-state index contributed by atoms with van der Waals surface area (Å²) in [4.78, 5) is 4.76. The van der Waals surface area contributed by atoms with Gasteiger partial charge in [-0.25, -0.2) is 4.98 Å². The van der Waals surface area contributed by atoms with Crippen LogP contribution in [-0.2, 0) is 20.0 Å². The summed E-state index contributed by atoms with van der Waals surface area (Å²) >= 11 is 0. The van der Waals surface area contributed by atoms with Gasteiger partial charge in [0.25, 0.3) is 0 Å². The summed E-state index contributed by atoms with van der Waals surface area (Å²) < 4.78 is 2.17. The van der Waals surface area contributed by atoms with Crippen molar-refractivity contribution in [1.29, 1.82) is 0 Å². The molecule has 108 valence electrons. The molecule has 0 saturated carbocycles. The molecule has 0 atom stereocenters. The van der Waals surface area contributed by atoms with Gasteiger partial charge >= 0.3 is 0 Å². The molecule has 3 rings (SSSR count). The Morgan fingerprint density at radius 1 is 1.00 bits per heavy atom. The van der Waals surface area contributed by atoms with Crippen molar-refractivity contribution in [1.82, 2.24) is 9.55 Å². The van der Waals surface area contributed by atoms with Gasteiger partial charge in [-0.15, -0.1) is 0 Å². The maximum absolute atomic E-state index is 5.72. The molecule has 0 aliphatic carbocycles. The molecule has 1 aromatic heterocycles. The predicted molar refractivity (Wildman–Crippen MR) is 87.3 cm³/mol. The summed E-state index contributed by atoms with van der Waals surface area (Å²) in [6.45, 7) is 4.86. The van der Waals surface area contributed by atoms with E-state index < -0.39 is 0 Å². The van der Waals surface area contributed by atoms with E-state index >= 15 is 0 Å². The summed E-state index contributed by atoms with van der Waals surface area (Å²) in [6.07, 6.45) is 0.851. The van der Waals surface area contributed by atoms with E-state index in [2.05, 4.69) is 61.9 Å².